The lowest BCUT2D eigenvalue weighted by Gasteiger charge is -2.22. The first-order valence-electron chi connectivity index (χ1n) is 8.26. The Morgan fingerprint density at radius 2 is 1.93 bits per heavy atom. The normalized spacial score (nSPS) is 10.8. The van der Waals surface area contributed by atoms with Crippen molar-refractivity contribution in [2.75, 3.05) is 39.2 Å². The number of anilines is 1. The number of fused-ring (bicyclic) bond motifs is 1. The van der Waals surface area contributed by atoms with Gasteiger partial charge in [0, 0.05) is 18.1 Å². The molecule has 5 nitrogen and oxygen atoms in total. The first-order valence-corrected chi connectivity index (χ1v) is 9.83. The molecule has 1 heterocycles. The molecule has 3 aromatic rings. The van der Waals surface area contributed by atoms with Crippen LogP contribution in [0, 0.1) is 0 Å². The Hall–Kier alpha value is -1.57. The Morgan fingerprint density at radius 3 is 2.61 bits per heavy atom. The van der Waals surface area contributed by atoms with Gasteiger partial charge in [-0.1, -0.05) is 40.6 Å². The Morgan fingerprint density at radius 1 is 1.18 bits per heavy atom. The number of aromatic nitrogens is 1. The van der Waals surface area contributed by atoms with Gasteiger partial charge in [-0.05, 0) is 44.4 Å². The molecule has 0 bridgehead atoms. The van der Waals surface area contributed by atoms with E-state index in [-0.39, 0.29) is 18.3 Å². The van der Waals surface area contributed by atoms with E-state index >= 15 is 0 Å². The van der Waals surface area contributed by atoms with Gasteiger partial charge in [-0.2, -0.15) is 0 Å². The van der Waals surface area contributed by atoms with Crippen LogP contribution in [0.25, 0.3) is 10.2 Å². The number of hydrogen-bond acceptors (Lipinski definition) is 5. The zero-order valence-electron chi connectivity index (χ0n) is 15.6. The van der Waals surface area contributed by atoms with E-state index in [0.29, 0.717) is 39.6 Å². The van der Waals surface area contributed by atoms with Crippen LogP contribution in [0.3, 0.4) is 0 Å². The van der Waals surface area contributed by atoms with Gasteiger partial charge >= 0.3 is 0 Å². The number of para-hydroxylation sites is 1. The molecule has 0 fully saturated rings. The maximum atomic E-state index is 13.3. The van der Waals surface area contributed by atoms with Crippen molar-refractivity contribution in [2.24, 2.45) is 0 Å². The quantitative estimate of drug-likeness (QED) is 0.504. The lowest BCUT2D eigenvalue weighted by Crippen LogP contribution is -2.36. The molecule has 150 valence electrons. The van der Waals surface area contributed by atoms with Crippen LogP contribution < -0.4 is 9.64 Å². The molecule has 0 atom stereocenters. The van der Waals surface area contributed by atoms with Gasteiger partial charge in [0.2, 0.25) is 0 Å². The van der Waals surface area contributed by atoms with Crippen molar-refractivity contribution in [1.29, 1.82) is 0 Å². The lowest BCUT2D eigenvalue weighted by molar-refractivity contribution is 0.0985. The number of hydrogen-bond donors (Lipinski definition) is 0. The van der Waals surface area contributed by atoms with Crippen LogP contribution in [-0.4, -0.2) is 50.1 Å². The number of halogens is 3. The van der Waals surface area contributed by atoms with Crippen LogP contribution in [0.2, 0.25) is 10.0 Å². The summed E-state index contributed by atoms with van der Waals surface area (Å²) in [6.07, 6.45) is 0. The first-order chi connectivity index (χ1) is 12.9. The Kier molecular flexibility index (Phi) is 7.92. The minimum Gasteiger partial charge on any atom is -0.494 e. The summed E-state index contributed by atoms with van der Waals surface area (Å²) in [7, 11) is 5.52. The van der Waals surface area contributed by atoms with Gasteiger partial charge < -0.3 is 9.64 Å². The monoisotopic (exact) mass is 459 g/mol. The third-order valence-electron chi connectivity index (χ3n) is 4.00. The second-order valence-electron chi connectivity index (χ2n) is 6.19. The highest BCUT2D eigenvalue weighted by molar-refractivity contribution is 7.22. The van der Waals surface area contributed by atoms with Crippen LogP contribution >= 0.6 is 46.9 Å². The predicted molar refractivity (Wildman–Crippen MR) is 120 cm³/mol. The number of carbonyl (C=O) groups is 1. The molecule has 0 spiro atoms. The molecule has 1 aromatic heterocycles. The minimum absolute atomic E-state index is 0. The van der Waals surface area contributed by atoms with Gasteiger partial charge in [-0.15, -0.1) is 12.4 Å². The third-order valence-corrected chi connectivity index (χ3v) is 5.60. The summed E-state index contributed by atoms with van der Waals surface area (Å²) in [5.41, 5.74) is 1.09. The molecule has 28 heavy (non-hydrogen) atoms. The van der Waals surface area contributed by atoms with Gasteiger partial charge in [-0.3, -0.25) is 9.69 Å². The Labute approximate surface area is 184 Å². The highest BCUT2D eigenvalue weighted by Gasteiger charge is 2.24. The zero-order chi connectivity index (χ0) is 19.6. The van der Waals surface area contributed by atoms with Crippen molar-refractivity contribution in [1.82, 2.24) is 9.88 Å². The minimum atomic E-state index is -0.234. The number of carbonyl (C=O) groups excluding carboxylic acids is 1. The maximum absolute atomic E-state index is 13.3. The van der Waals surface area contributed by atoms with Crippen molar-refractivity contribution in [3.8, 4) is 5.75 Å². The smallest absolute Gasteiger partial charge is 0.261 e. The van der Waals surface area contributed by atoms with Gasteiger partial charge in [0.25, 0.3) is 5.91 Å². The van der Waals surface area contributed by atoms with Crippen molar-refractivity contribution in [2.45, 2.75) is 0 Å². The second-order valence-corrected chi connectivity index (χ2v) is 8.04. The highest BCUT2D eigenvalue weighted by atomic mass is 35.5. The summed E-state index contributed by atoms with van der Waals surface area (Å²) in [5.74, 6) is 0.443. The van der Waals surface area contributed by atoms with Crippen molar-refractivity contribution in [3.63, 3.8) is 0 Å². The van der Waals surface area contributed by atoms with Gasteiger partial charge in [0.05, 0.1) is 22.4 Å². The van der Waals surface area contributed by atoms with E-state index in [2.05, 4.69) is 4.98 Å². The second kappa shape index (κ2) is 9.76. The number of nitrogens with zero attached hydrogens (tertiary/aromatic N) is 3. The Balaban J connectivity index is 0.00000280. The fourth-order valence-electron chi connectivity index (χ4n) is 2.58. The Bertz CT molecular complexity index is 978. The molecule has 0 aliphatic heterocycles. The number of amides is 1. The molecular weight excluding hydrogens is 441 g/mol. The summed E-state index contributed by atoms with van der Waals surface area (Å²) >= 11 is 13.8. The molecule has 1 amide bonds. The topological polar surface area (TPSA) is 45.7 Å². The molecule has 0 aliphatic carbocycles. The summed E-state index contributed by atoms with van der Waals surface area (Å²) < 4.78 is 6.34. The van der Waals surface area contributed by atoms with Crippen LogP contribution in [0.1, 0.15) is 10.4 Å². The molecule has 0 N–H and O–H groups in total. The number of thiazole rings is 1. The standard InChI is InChI=1S/C19H19Cl2N3O2S.ClH/c1-23(2)9-10-24(18(25)13-11-12(20)7-8-14(13)21)19-22-17-15(26-3)5-4-6-16(17)27-19;/h4-8,11H,9-10H2,1-3H3;1H. The number of benzene rings is 2. The molecule has 0 unspecified atom stereocenters. The van der Waals surface area contributed by atoms with E-state index in [1.165, 1.54) is 11.3 Å². The number of rotatable bonds is 6. The fraction of sp³-hybridized carbons (Fsp3) is 0.263. The largest absolute Gasteiger partial charge is 0.494 e. The zero-order valence-corrected chi connectivity index (χ0v) is 18.8. The van der Waals surface area contributed by atoms with E-state index in [4.69, 9.17) is 27.9 Å². The summed E-state index contributed by atoms with van der Waals surface area (Å²) in [4.78, 5) is 21.6. The summed E-state index contributed by atoms with van der Waals surface area (Å²) in [5, 5.41) is 1.41. The van der Waals surface area contributed by atoms with E-state index in [1.807, 2.05) is 37.2 Å². The van der Waals surface area contributed by atoms with Crippen molar-refractivity contribution >= 4 is 68.2 Å². The molecule has 9 heteroatoms. The van der Waals surface area contributed by atoms with E-state index in [9.17, 15) is 4.79 Å². The number of ether oxygens (including phenoxy) is 1. The molecule has 0 saturated carbocycles. The SMILES string of the molecule is COc1cccc2sc(N(CCN(C)C)C(=O)c3cc(Cl)ccc3Cl)nc12.Cl. The van der Waals surface area contributed by atoms with Gasteiger partial charge in [0.1, 0.15) is 11.3 Å². The average Bonchev–Trinajstić information content (AvgIpc) is 3.07. The average molecular weight is 461 g/mol. The van der Waals surface area contributed by atoms with E-state index in [1.54, 1.807) is 30.2 Å². The number of likely N-dealkylation sites (N-methyl/N-ethyl adjacent to an activating group) is 1. The van der Waals surface area contributed by atoms with Gasteiger partial charge in [-0.25, -0.2) is 4.98 Å². The van der Waals surface area contributed by atoms with Crippen LogP contribution in [-0.2, 0) is 0 Å². The third kappa shape index (κ3) is 4.88. The number of methoxy groups -OCH3 is 1. The van der Waals surface area contributed by atoms with E-state index < -0.39 is 0 Å². The van der Waals surface area contributed by atoms with Crippen LogP contribution in [0.4, 0.5) is 5.13 Å². The summed E-state index contributed by atoms with van der Waals surface area (Å²) in [6.45, 7) is 1.15. The maximum Gasteiger partial charge on any atom is 0.261 e. The summed E-state index contributed by atoms with van der Waals surface area (Å²) in [6, 6.07) is 10.6. The van der Waals surface area contributed by atoms with Crippen molar-refractivity contribution < 1.29 is 9.53 Å². The van der Waals surface area contributed by atoms with E-state index in [0.717, 1.165) is 10.2 Å². The van der Waals surface area contributed by atoms with Crippen molar-refractivity contribution in [3.05, 3.63) is 52.0 Å². The molecule has 0 saturated heterocycles. The first kappa shape index (κ1) is 22.7. The van der Waals surface area contributed by atoms with Crippen LogP contribution in [0.5, 0.6) is 5.75 Å². The molecule has 0 radical (unpaired) electrons. The molecule has 3 rings (SSSR count). The van der Waals surface area contributed by atoms with Gasteiger partial charge in [0.15, 0.2) is 5.13 Å². The molecule has 0 aliphatic rings. The highest BCUT2D eigenvalue weighted by Crippen LogP contribution is 2.35. The molecular formula is C19H20Cl3N3O2S. The van der Waals surface area contributed by atoms with Crippen LogP contribution in [0.15, 0.2) is 36.4 Å². The lowest BCUT2D eigenvalue weighted by atomic mass is 10.2. The molecule has 2 aromatic carbocycles. The predicted octanol–water partition coefficient (Wildman–Crippen LogP) is 5.24. The fourth-order valence-corrected chi connectivity index (χ4v) is 3.96.